The summed E-state index contributed by atoms with van der Waals surface area (Å²) in [5.41, 5.74) is 4.05. The number of para-hydroxylation sites is 1. The molecule has 2 aliphatic heterocycles. The fourth-order valence-electron chi connectivity index (χ4n) is 4.58. The molecule has 3 heterocycles. The van der Waals surface area contributed by atoms with Crippen LogP contribution in [0.5, 0.6) is 11.5 Å². The molecule has 1 aromatic heterocycles. The maximum Gasteiger partial charge on any atom is 0.310 e. The molecule has 1 fully saturated rings. The molecular weight excluding hydrogens is 512 g/mol. The summed E-state index contributed by atoms with van der Waals surface area (Å²) in [6.45, 7) is 2.58. The predicted molar refractivity (Wildman–Crippen MR) is 141 cm³/mol. The van der Waals surface area contributed by atoms with Gasteiger partial charge < -0.3 is 33.9 Å². The second-order valence-corrected chi connectivity index (χ2v) is 9.67. The Morgan fingerprint density at radius 2 is 1.87 bits per heavy atom. The number of likely N-dealkylation sites (tertiary alicyclic amines) is 1. The van der Waals surface area contributed by atoms with Crippen LogP contribution in [0.25, 0.3) is 5.69 Å². The smallest absolute Gasteiger partial charge is 0.310 e. The van der Waals surface area contributed by atoms with Gasteiger partial charge in [-0.3, -0.25) is 9.59 Å². The number of aliphatic carboxylic acids is 1. The van der Waals surface area contributed by atoms with Gasteiger partial charge in [0.05, 0.1) is 45.0 Å². The van der Waals surface area contributed by atoms with Gasteiger partial charge >= 0.3 is 5.97 Å². The Kier molecular flexibility index (Phi) is 8.61. The summed E-state index contributed by atoms with van der Waals surface area (Å²) < 4.78 is 19.5. The second kappa shape index (κ2) is 11.9. The van der Waals surface area contributed by atoms with Gasteiger partial charge in [-0.25, -0.2) is 0 Å². The summed E-state index contributed by atoms with van der Waals surface area (Å²) in [6, 6.07) is 15.8. The van der Waals surface area contributed by atoms with Gasteiger partial charge in [0.25, 0.3) is 0 Å². The number of hydrogen-bond acceptors (Lipinski definition) is 6. The Morgan fingerprint density at radius 3 is 2.53 bits per heavy atom. The number of carboxylic acids is 1. The van der Waals surface area contributed by atoms with Gasteiger partial charge in [0, 0.05) is 41.1 Å². The third-order valence-electron chi connectivity index (χ3n) is 6.53. The summed E-state index contributed by atoms with van der Waals surface area (Å²) in [5, 5.41) is 18.1. The Bertz CT molecular complexity index is 1300. The number of nitrogens with zero attached hydrogens (tertiary/aromatic N) is 2. The van der Waals surface area contributed by atoms with Gasteiger partial charge in [0.15, 0.2) is 11.5 Å². The van der Waals surface area contributed by atoms with Crippen molar-refractivity contribution in [2.24, 2.45) is 5.92 Å². The first-order valence-electron chi connectivity index (χ1n) is 12.2. The monoisotopic (exact) mass is 542 g/mol. The predicted octanol–water partition coefficient (Wildman–Crippen LogP) is 4.07. The average Bonchev–Trinajstić information content (AvgIpc) is 3.25. The number of benzene rings is 2. The topological polar surface area (TPSA) is 110 Å². The fraction of sp³-hybridized carbons (Fsp3) is 0.357. The van der Waals surface area contributed by atoms with Crippen LogP contribution in [-0.4, -0.2) is 65.0 Å². The van der Waals surface area contributed by atoms with Crippen LogP contribution in [-0.2, 0) is 20.9 Å². The lowest BCUT2D eigenvalue weighted by molar-refractivity contribution is -0.153. The van der Waals surface area contributed by atoms with Crippen molar-refractivity contribution in [3.63, 3.8) is 0 Å². The number of halogens is 1. The number of rotatable bonds is 6. The molecule has 10 heteroatoms. The van der Waals surface area contributed by atoms with E-state index >= 15 is 0 Å². The molecule has 3 aromatic rings. The number of carboxylic acid groups (broad SMARTS) is 1. The van der Waals surface area contributed by atoms with Crippen molar-refractivity contribution >= 4 is 23.5 Å². The van der Waals surface area contributed by atoms with E-state index < -0.39 is 18.0 Å². The number of aliphatic hydroxyl groups is 1. The van der Waals surface area contributed by atoms with Gasteiger partial charge in [-0.05, 0) is 43.3 Å². The molecule has 2 atom stereocenters. The highest BCUT2D eigenvalue weighted by atomic mass is 35.5. The number of ether oxygens (including phenoxy) is 3. The molecule has 0 spiro atoms. The molecule has 2 unspecified atom stereocenters. The van der Waals surface area contributed by atoms with Crippen molar-refractivity contribution in [2.45, 2.75) is 32.2 Å². The Labute approximate surface area is 226 Å². The van der Waals surface area contributed by atoms with Crippen LogP contribution < -0.4 is 9.47 Å². The van der Waals surface area contributed by atoms with E-state index in [0.29, 0.717) is 23.1 Å². The Balaban J connectivity index is 0.000000219. The molecule has 2 aliphatic rings. The van der Waals surface area contributed by atoms with Crippen molar-refractivity contribution in [1.29, 1.82) is 0 Å². The lowest BCUT2D eigenvalue weighted by Gasteiger charge is -2.36. The normalized spacial score (nSPS) is 17.1. The molecule has 0 saturated carbocycles. The minimum Gasteiger partial charge on any atom is -0.493 e. The molecule has 1 amide bonds. The first-order chi connectivity index (χ1) is 18.2. The van der Waals surface area contributed by atoms with Crippen molar-refractivity contribution in [1.82, 2.24) is 9.47 Å². The highest BCUT2D eigenvalue weighted by Gasteiger charge is 2.35. The fourth-order valence-corrected chi connectivity index (χ4v) is 4.76. The molecule has 202 valence electrons. The molecule has 0 radical (unpaired) electrons. The van der Waals surface area contributed by atoms with E-state index in [4.69, 9.17) is 36.0 Å². The molecule has 9 nitrogen and oxygen atoms in total. The van der Waals surface area contributed by atoms with E-state index in [2.05, 4.69) is 10.6 Å². The summed E-state index contributed by atoms with van der Waals surface area (Å²) in [5.74, 6) is -0.102. The minimum atomic E-state index is -0.860. The zero-order valence-electron chi connectivity index (χ0n) is 21.5. The van der Waals surface area contributed by atoms with Gasteiger partial charge in [0.1, 0.15) is 6.10 Å². The number of carbonyl (C=O) groups excluding carboxylic acids is 1. The lowest BCUT2D eigenvalue weighted by Crippen LogP contribution is -2.53. The number of methoxy groups -OCH3 is 2. The van der Waals surface area contributed by atoms with Crippen LogP contribution in [0.3, 0.4) is 0 Å². The molecule has 1 saturated heterocycles. The lowest BCUT2D eigenvalue weighted by atomic mass is 9.98. The van der Waals surface area contributed by atoms with Gasteiger partial charge in [0.2, 0.25) is 5.91 Å². The first-order valence-corrected chi connectivity index (χ1v) is 12.6. The summed E-state index contributed by atoms with van der Waals surface area (Å²) >= 11 is 6.30. The molecule has 38 heavy (non-hydrogen) atoms. The summed E-state index contributed by atoms with van der Waals surface area (Å²) in [4.78, 5) is 23.0. The van der Waals surface area contributed by atoms with Gasteiger partial charge in [-0.2, -0.15) is 0 Å². The van der Waals surface area contributed by atoms with E-state index in [1.165, 1.54) is 11.8 Å². The van der Waals surface area contributed by atoms with Crippen LogP contribution in [0.1, 0.15) is 36.3 Å². The summed E-state index contributed by atoms with van der Waals surface area (Å²) in [7, 11) is 3.27. The highest BCUT2D eigenvalue weighted by Crippen LogP contribution is 2.43. The number of hydrogen-bond donors (Lipinski definition) is 2. The molecular formula is C28H31ClN2O7. The van der Waals surface area contributed by atoms with Crippen LogP contribution in [0.2, 0.25) is 5.02 Å². The zero-order valence-corrected chi connectivity index (χ0v) is 22.2. The zero-order chi connectivity index (χ0) is 27.4. The molecule has 0 aliphatic carbocycles. The first kappa shape index (κ1) is 27.5. The molecule has 2 aromatic carbocycles. The maximum atomic E-state index is 11.2. The Hall–Kier alpha value is -3.53. The number of carbonyl (C=O) groups is 2. The van der Waals surface area contributed by atoms with Crippen LogP contribution in [0, 0.1) is 5.92 Å². The van der Waals surface area contributed by atoms with Crippen LogP contribution in [0.4, 0.5) is 0 Å². The molecule has 0 bridgehead atoms. The van der Waals surface area contributed by atoms with E-state index in [9.17, 15) is 9.59 Å². The molecule has 2 N–H and O–H groups in total. The number of fused-ring (bicyclic) bond motifs is 3. The van der Waals surface area contributed by atoms with Crippen molar-refractivity contribution in [3.05, 3.63) is 76.6 Å². The van der Waals surface area contributed by atoms with Crippen molar-refractivity contribution in [2.75, 3.05) is 27.3 Å². The third-order valence-corrected chi connectivity index (χ3v) is 6.77. The average molecular weight is 543 g/mol. The Morgan fingerprint density at radius 1 is 1.11 bits per heavy atom. The SMILES string of the molecule is CC(O)CC(=O)N1CC(C(=O)O)C1.COc1cccc(C2OCc3cccn3-c3ccc(Cl)cc32)c1OC. The van der Waals surface area contributed by atoms with E-state index in [0.717, 1.165) is 22.5 Å². The third kappa shape index (κ3) is 5.80. The minimum absolute atomic E-state index is 0.0757. The largest absolute Gasteiger partial charge is 0.493 e. The summed E-state index contributed by atoms with van der Waals surface area (Å²) in [6.07, 6.45) is 1.15. The van der Waals surface area contributed by atoms with Crippen molar-refractivity contribution in [3.8, 4) is 17.2 Å². The van der Waals surface area contributed by atoms with E-state index in [1.54, 1.807) is 14.2 Å². The van der Waals surface area contributed by atoms with Crippen LogP contribution in [0.15, 0.2) is 54.7 Å². The van der Waals surface area contributed by atoms with E-state index in [1.807, 2.05) is 48.7 Å². The number of amides is 1. The highest BCUT2D eigenvalue weighted by molar-refractivity contribution is 6.30. The van der Waals surface area contributed by atoms with Gasteiger partial charge in [-0.15, -0.1) is 0 Å². The number of aromatic nitrogens is 1. The number of aliphatic hydroxyl groups excluding tert-OH is 1. The van der Waals surface area contributed by atoms with Crippen molar-refractivity contribution < 1.29 is 34.0 Å². The van der Waals surface area contributed by atoms with Crippen LogP contribution >= 0.6 is 11.6 Å². The van der Waals surface area contributed by atoms with E-state index in [-0.39, 0.29) is 31.5 Å². The standard InChI is InChI=1S/C20H18ClNO3.C8H13NO4/c1-23-18-7-3-6-15(20(18)24-2)19-16-11-13(21)8-9-17(16)22-10-4-5-14(22)12-25-19;1-5(10)2-7(11)9-3-6(4-9)8(12)13/h3-11,19H,12H2,1-2H3;5-6,10H,2-4H2,1H3,(H,12,13). The maximum absolute atomic E-state index is 11.2. The van der Waals surface area contributed by atoms with Gasteiger partial charge in [-0.1, -0.05) is 23.7 Å². The molecule has 5 rings (SSSR count). The quantitative estimate of drug-likeness (QED) is 0.483. The second-order valence-electron chi connectivity index (χ2n) is 9.23.